The van der Waals surface area contributed by atoms with Gasteiger partial charge in [0, 0.05) is 6.42 Å². The first-order chi connectivity index (χ1) is 18.0. The fourth-order valence-corrected chi connectivity index (χ4v) is 3.74. The first-order valence-corrected chi connectivity index (χ1v) is 12.1. The number of ether oxygens (including phenoxy) is 2. The largest absolute Gasteiger partial charge is 0.468 e. The zero-order valence-electron chi connectivity index (χ0n) is 22.3. The molecule has 0 bridgehead atoms. The number of rotatable bonds is 10. The van der Waals surface area contributed by atoms with Gasteiger partial charge in [-0.05, 0) is 44.4 Å². The highest BCUT2D eigenvalue weighted by molar-refractivity contribution is 5.93. The third-order valence-corrected chi connectivity index (χ3v) is 5.47. The molecular formula is C28H34N4O6. The predicted molar refractivity (Wildman–Crippen MR) is 140 cm³/mol. The van der Waals surface area contributed by atoms with Crippen LogP contribution in [0.5, 0.6) is 0 Å². The summed E-state index contributed by atoms with van der Waals surface area (Å²) in [5.74, 6) is -2.01. The van der Waals surface area contributed by atoms with E-state index in [-0.39, 0.29) is 6.42 Å². The number of esters is 1. The second-order valence-electron chi connectivity index (χ2n) is 9.57. The maximum Gasteiger partial charge on any atom is 0.408 e. The maximum atomic E-state index is 14.0. The lowest BCUT2D eigenvalue weighted by Crippen LogP contribution is -2.54. The van der Waals surface area contributed by atoms with Crippen molar-refractivity contribution in [3.05, 3.63) is 71.3 Å². The number of hydrogen-bond acceptors (Lipinski definition) is 7. The molecule has 2 aromatic carbocycles. The molecule has 2 atom stereocenters. The summed E-state index contributed by atoms with van der Waals surface area (Å²) in [6.07, 6.45) is -0.725. The number of hydrogen-bond donors (Lipinski definition) is 2. The monoisotopic (exact) mass is 522 g/mol. The molecule has 10 heteroatoms. The fraction of sp³-hybridized carbons (Fsp3) is 0.393. The second-order valence-corrected chi connectivity index (χ2v) is 9.57. The van der Waals surface area contributed by atoms with E-state index in [1.807, 2.05) is 12.1 Å². The highest BCUT2D eigenvalue weighted by Crippen LogP contribution is 2.26. The number of benzene rings is 2. The predicted octanol–water partition coefficient (Wildman–Crippen LogP) is 2.81. The van der Waals surface area contributed by atoms with E-state index < -0.39 is 54.7 Å². The van der Waals surface area contributed by atoms with Crippen LogP contribution in [-0.2, 0) is 30.3 Å². The summed E-state index contributed by atoms with van der Waals surface area (Å²) in [5.41, 5.74) is 1.10. The third-order valence-electron chi connectivity index (χ3n) is 5.47. The minimum Gasteiger partial charge on any atom is -0.468 e. The molecule has 0 aromatic heterocycles. The zero-order valence-corrected chi connectivity index (χ0v) is 22.3. The van der Waals surface area contributed by atoms with Crippen LogP contribution in [0.15, 0.2) is 54.6 Å². The first kappa shape index (κ1) is 29.8. The molecule has 2 aromatic rings. The van der Waals surface area contributed by atoms with E-state index in [1.54, 1.807) is 76.2 Å². The number of nitrogens with zero attached hydrogens (tertiary/aromatic N) is 2. The van der Waals surface area contributed by atoms with Crippen LogP contribution in [0.4, 0.5) is 4.79 Å². The van der Waals surface area contributed by atoms with E-state index in [1.165, 1.54) is 7.11 Å². The Morgan fingerprint density at radius 2 is 1.66 bits per heavy atom. The summed E-state index contributed by atoms with van der Waals surface area (Å²) in [6.45, 7) is 5.99. The van der Waals surface area contributed by atoms with Crippen LogP contribution >= 0.6 is 0 Å². The molecule has 0 aliphatic rings. The average Bonchev–Trinajstić information content (AvgIpc) is 2.86. The van der Waals surface area contributed by atoms with Crippen LogP contribution in [0.2, 0.25) is 0 Å². The molecule has 202 valence electrons. The minimum absolute atomic E-state index is 0.0884. The smallest absolute Gasteiger partial charge is 0.408 e. The molecule has 0 aliphatic carbocycles. The molecule has 2 rings (SSSR count). The molecule has 0 aliphatic heterocycles. The number of nitriles is 1. The van der Waals surface area contributed by atoms with Crippen LogP contribution in [0, 0.1) is 18.3 Å². The topological polar surface area (TPSA) is 138 Å². The van der Waals surface area contributed by atoms with Gasteiger partial charge in [0.1, 0.15) is 30.8 Å². The lowest BCUT2D eigenvalue weighted by Gasteiger charge is -2.33. The summed E-state index contributed by atoms with van der Waals surface area (Å²) in [5, 5.41) is 14.7. The molecule has 0 spiro atoms. The van der Waals surface area contributed by atoms with Gasteiger partial charge >= 0.3 is 12.1 Å². The lowest BCUT2D eigenvalue weighted by atomic mass is 9.97. The molecule has 0 heterocycles. The van der Waals surface area contributed by atoms with E-state index in [4.69, 9.17) is 4.74 Å². The molecule has 2 N–H and O–H groups in total. The van der Waals surface area contributed by atoms with Gasteiger partial charge < -0.3 is 25.0 Å². The van der Waals surface area contributed by atoms with Crippen molar-refractivity contribution in [3.63, 3.8) is 0 Å². The highest BCUT2D eigenvalue weighted by atomic mass is 16.6. The van der Waals surface area contributed by atoms with Crippen molar-refractivity contribution in [1.82, 2.24) is 15.5 Å². The van der Waals surface area contributed by atoms with Crippen LogP contribution in [0.25, 0.3) is 0 Å². The first-order valence-electron chi connectivity index (χ1n) is 12.1. The Bertz CT molecular complexity index is 1170. The van der Waals surface area contributed by atoms with E-state index in [9.17, 15) is 24.4 Å². The number of aryl methyl sites for hydroxylation is 1. The number of nitrogens with one attached hydrogen (secondary N) is 2. The Kier molecular flexibility index (Phi) is 10.8. The molecule has 38 heavy (non-hydrogen) atoms. The van der Waals surface area contributed by atoms with Crippen molar-refractivity contribution < 1.29 is 28.7 Å². The Morgan fingerprint density at radius 3 is 2.24 bits per heavy atom. The van der Waals surface area contributed by atoms with Crippen molar-refractivity contribution in [2.45, 2.75) is 51.8 Å². The van der Waals surface area contributed by atoms with Gasteiger partial charge in [-0.15, -0.1) is 0 Å². The molecule has 10 nitrogen and oxygen atoms in total. The number of carbonyl (C=O) groups excluding carboxylic acids is 4. The van der Waals surface area contributed by atoms with Crippen molar-refractivity contribution in [1.29, 1.82) is 5.26 Å². The molecular weight excluding hydrogens is 488 g/mol. The normalized spacial score (nSPS) is 12.3. The Balaban J connectivity index is 2.52. The SMILES string of the molecule is COC(=O)CNC(=O)C(c1ccccc1C)N(CC#N)C(=O)C(Cc1ccccc1)NC(=O)OC(C)(C)C. The highest BCUT2D eigenvalue weighted by Gasteiger charge is 2.37. The van der Waals surface area contributed by atoms with E-state index in [0.717, 1.165) is 10.5 Å². The lowest BCUT2D eigenvalue weighted by molar-refractivity contribution is -0.144. The van der Waals surface area contributed by atoms with Crippen molar-refractivity contribution in [3.8, 4) is 6.07 Å². The molecule has 3 amide bonds. The summed E-state index contributed by atoms with van der Waals surface area (Å²) in [4.78, 5) is 52.9. The van der Waals surface area contributed by atoms with Crippen molar-refractivity contribution in [2.24, 2.45) is 0 Å². The van der Waals surface area contributed by atoms with E-state index in [0.29, 0.717) is 11.1 Å². The molecule has 2 unspecified atom stereocenters. The number of amides is 3. The van der Waals surface area contributed by atoms with Crippen LogP contribution in [0.3, 0.4) is 0 Å². The Morgan fingerprint density at radius 1 is 1.03 bits per heavy atom. The molecule has 0 fully saturated rings. The van der Waals surface area contributed by atoms with Gasteiger partial charge in [0.25, 0.3) is 0 Å². The number of carbonyl (C=O) groups is 4. The van der Waals surface area contributed by atoms with Gasteiger partial charge in [-0.25, -0.2) is 4.79 Å². The van der Waals surface area contributed by atoms with Gasteiger partial charge in [0.2, 0.25) is 11.8 Å². The second kappa shape index (κ2) is 13.8. The van der Waals surface area contributed by atoms with E-state index in [2.05, 4.69) is 15.4 Å². The van der Waals surface area contributed by atoms with Gasteiger partial charge in [0.15, 0.2) is 0 Å². The summed E-state index contributed by atoms with van der Waals surface area (Å²) in [6, 6.07) is 15.5. The van der Waals surface area contributed by atoms with Gasteiger partial charge in [-0.1, -0.05) is 54.6 Å². The minimum atomic E-state index is -1.26. The summed E-state index contributed by atoms with van der Waals surface area (Å²) >= 11 is 0. The van der Waals surface area contributed by atoms with Crippen LogP contribution in [0.1, 0.15) is 43.5 Å². The third kappa shape index (κ3) is 8.92. The van der Waals surface area contributed by atoms with Crippen LogP contribution in [-0.4, -0.2) is 60.6 Å². The number of methoxy groups -OCH3 is 1. The van der Waals surface area contributed by atoms with Crippen molar-refractivity contribution >= 4 is 23.9 Å². The molecule has 0 saturated heterocycles. The maximum absolute atomic E-state index is 14.0. The van der Waals surface area contributed by atoms with Gasteiger partial charge in [0.05, 0.1) is 13.2 Å². The Labute approximate surface area is 222 Å². The zero-order chi connectivity index (χ0) is 28.3. The average molecular weight is 523 g/mol. The summed E-state index contributed by atoms with van der Waals surface area (Å²) in [7, 11) is 1.19. The number of alkyl carbamates (subject to hydrolysis) is 1. The standard InChI is InChI=1S/C28H34N4O6/c1-19-11-9-10-14-21(19)24(25(34)30-18-23(33)37-5)32(16-15-29)26(35)22(17-20-12-7-6-8-13-20)31-27(36)38-28(2,3)4/h6-14,22,24H,16-18H2,1-5H3,(H,30,34)(H,31,36). The van der Waals surface area contributed by atoms with E-state index >= 15 is 0 Å². The molecule has 0 radical (unpaired) electrons. The van der Waals surface area contributed by atoms with Crippen molar-refractivity contribution in [2.75, 3.05) is 20.2 Å². The Hall–Kier alpha value is -4.39. The fourth-order valence-electron chi connectivity index (χ4n) is 3.74. The quantitative estimate of drug-likeness (QED) is 0.361. The summed E-state index contributed by atoms with van der Waals surface area (Å²) < 4.78 is 9.97. The van der Waals surface area contributed by atoms with Gasteiger partial charge in [-0.2, -0.15) is 5.26 Å². The van der Waals surface area contributed by atoms with Gasteiger partial charge in [-0.3, -0.25) is 14.4 Å². The molecule has 0 saturated carbocycles. The van der Waals surface area contributed by atoms with Crippen LogP contribution < -0.4 is 10.6 Å².